The van der Waals surface area contributed by atoms with Crippen LogP contribution >= 0.6 is 0 Å². The number of benzene rings is 1. The average Bonchev–Trinajstić information content (AvgIpc) is 3.25. The highest BCUT2D eigenvalue weighted by Crippen LogP contribution is 2.25. The van der Waals surface area contributed by atoms with Crippen LogP contribution in [0.5, 0.6) is 0 Å². The Hall–Kier alpha value is -2.73. The van der Waals surface area contributed by atoms with Crippen molar-refractivity contribution in [2.75, 3.05) is 11.9 Å². The monoisotopic (exact) mass is 322 g/mol. The van der Waals surface area contributed by atoms with E-state index in [-0.39, 0.29) is 12.0 Å². The van der Waals surface area contributed by atoms with E-state index in [1.165, 1.54) is 0 Å². The Morgan fingerprint density at radius 3 is 2.96 bits per heavy atom. The number of pyridine rings is 1. The number of hydrogen-bond acceptors (Lipinski definition) is 4. The number of carbonyl (C=O) groups is 1. The van der Waals surface area contributed by atoms with Gasteiger partial charge in [0.05, 0.1) is 18.2 Å². The zero-order valence-corrected chi connectivity index (χ0v) is 13.4. The number of carbonyl (C=O) groups excluding carboxylic acids is 1. The molecule has 1 saturated heterocycles. The minimum Gasteiger partial charge on any atom is -0.368 e. The Morgan fingerprint density at radius 2 is 2.21 bits per heavy atom. The zero-order valence-electron chi connectivity index (χ0n) is 13.4. The molecule has 0 unspecified atom stereocenters. The second-order valence-electron chi connectivity index (χ2n) is 6.01. The summed E-state index contributed by atoms with van der Waals surface area (Å²) in [5.74, 6) is 0.423. The van der Waals surface area contributed by atoms with E-state index in [9.17, 15) is 4.79 Å². The molecule has 1 N–H and O–H groups in total. The molecule has 1 atom stereocenters. The SMILES string of the molecule is Cn1cncc1-c1ccc2cnc(NC(=O)[C@H]3CCCO3)cc2c1. The molecule has 3 heterocycles. The van der Waals surface area contributed by atoms with E-state index in [1.807, 2.05) is 36.0 Å². The smallest absolute Gasteiger partial charge is 0.254 e. The summed E-state index contributed by atoms with van der Waals surface area (Å²) in [6, 6.07) is 8.04. The lowest BCUT2D eigenvalue weighted by Gasteiger charge is -2.10. The topological polar surface area (TPSA) is 69.0 Å². The molecular formula is C18H18N4O2. The third-order valence-corrected chi connectivity index (χ3v) is 4.31. The maximum atomic E-state index is 12.2. The van der Waals surface area contributed by atoms with Crippen LogP contribution in [0.2, 0.25) is 0 Å². The number of anilines is 1. The van der Waals surface area contributed by atoms with Crippen molar-refractivity contribution in [3.05, 3.63) is 43.0 Å². The minimum atomic E-state index is -0.358. The van der Waals surface area contributed by atoms with Gasteiger partial charge in [-0.2, -0.15) is 0 Å². The normalized spacial score (nSPS) is 17.3. The number of fused-ring (bicyclic) bond motifs is 1. The molecule has 0 bridgehead atoms. The lowest BCUT2D eigenvalue weighted by Crippen LogP contribution is -2.27. The number of nitrogens with one attached hydrogen (secondary N) is 1. The van der Waals surface area contributed by atoms with Crippen molar-refractivity contribution in [2.24, 2.45) is 7.05 Å². The number of imidazole rings is 1. The molecule has 1 aliphatic heterocycles. The highest BCUT2D eigenvalue weighted by atomic mass is 16.5. The van der Waals surface area contributed by atoms with Crippen molar-refractivity contribution in [1.82, 2.24) is 14.5 Å². The summed E-state index contributed by atoms with van der Waals surface area (Å²) >= 11 is 0. The standard InChI is InChI=1S/C18H18N4O2/c1-22-11-19-10-15(22)12-4-5-13-9-20-17(8-14(13)7-12)21-18(23)16-3-2-6-24-16/h4-5,7-11,16H,2-3,6H2,1H3,(H,20,21,23)/t16-/m1/s1. The summed E-state index contributed by atoms with van der Waals surface area (Å²) in [7, 11) is 1.96. The molecule has 24 heavy (non-hydrogen) atoms. The van der Waals surface area contributed by atoms with Gasteiger partial charge in [0.25, 0.3) is 5.91 Å². The van der Waals surface area contributed by atoms with Gasteiger partial charge in [0.1, 0.15) is 11.9 Å². The Bertz CT molecular complexity index is 897. The predicted octanol–water partition coefficient (Wildman–Crippen LogP) is 2.75. The fourth-order valence-corrected chi connectivity index (χ4v) is 3.00. The van der Waals surface area contributed by atoms with E-state index < -0.39 is 0 Å². The van der Waals surface area contributed by atoms with Crippen LogP contribution in [0.25, 0.3) is 22.0 Å². The molecule has 6 heteroatoms. The third kappa shape index (κ3) is 2.76. The largest absolute Gasteiger partial charge is 0.368 e. The van der Waals surface area contributed by atoms with Gasteiger partial charge in [-0.05, 0) is 30.4 Å². The van der Waals surface area contributed by atoms with Crippen molar-refractivity contribution in [3.8, 4) is 11.3 Å². The summed E-state index contributed by atoms with van der Waals surface area (Å²) in [6.45, 7) is 0.650. The first-order chi connectivity index (χ1) is 11.7. The van der Waals surface area contributed by atoms with Crippen molar-refractivity contribution in [3.63, 3.8) is 0 Å². The second kappa shape index (κ2) is 6.05. The fraction of sp³-hybridized carbons (Fsp3) is 0.278. The molecule has 0 aliphatic carbocycles. The Morgan fingerprint density at radius 1 is 1.29 bits per heavy atom. The van der Waals surface area contributed by atoms with Crippen LogP contribution in [0.15, 0.2) is 43.0 Å². The predicted molar refractivity (Wildman–Crippen MR) is 91.5 cm³/mol. The summed E-state index contributed by atoms with van der Waals surface area (Å²) in [4.78, 5) is 20.6. The van der Waals surface area contributed by atoms with Gasteiger partial charge in [0, 0.05) is 30.8 Å². The summed E-state index contributed by atoms with van der Waals surface area (Å²) in [6.07, 6.45) is 6.72. The molecule has 0 spiro atoms. The number of hydrogen-bond donors (Lipinski definition) is 1. The van der Waals surface area contributed by atoms with Crippen LogP contribution in [-0.4, -0.2) is 33.2 Å². The van der Waals surface area contributed by atoms with Gasteiger partial charge in [0.2, 0.25) is 0 Å². The van der Waals surface area contributed by atoms with Gasteiger partial charge < -0.3 is 14.6 Å². The average molecular weight is 322 g/mol. The third-order valence-electron chi connectivity index (χ3n) is 4.31. The number of aryl methyl sites for hydroxylation is 1. The molecule has 4 rings (SSSR count). The van der Waals surface area contributed by atoms with E-state index in [0.29, 0.717) is 12.4 Å². The molecule has 1 amide bonds. The molecule has 6 nitrogen and oxygen atoms in total. The van der Waals surface area contributed by atoms with E-state index in [2.05, 4.69) is 21.4 Å². The lowest BCUT2D eigenvalue weighted by molar-refractivity contribution is -0.124. The molecule has 3 aromatic rings. The van der Waals surface area contributed by atoms with Gasteiger partial charge in [-0.25, -0.2) is 9.97 Å². The van der Waals surface area contributed by atoms with Crippen molar-refractivity contribution < 1.29 is 9.53 Å². The van der Waals surface area contributed by atoms with Crippen molar-refractivity contribution in [2.45, 2.75) is 18.9 Å². The number of aromatic nitrogens is 3. The molecule has 2 aromatic heterocycles. The first kappa shape index (κ1) is 14.8. The highest BCUT2D eigenvalue weighted by molar-refractivity contribution is 5.96. The minimum absolute atomic E-state index is 0.123. The van der Waals surface area contributed by atoms with E-state index in [4.69, 9.17) is 4.74 Å². The Labute approximate surface area is 139 Å². The highest BCUT2D eigenvalue weighted by Gasteiger charge is 2.23. The lowest BCUT2D eigenvalue weighted by atomic mass is 10.1. The Balaban J connectivity index is 1.64. The van der Waals surface area contributed by atoms with Crippen LogP contribution in [0.4, 0.5) is 5.82 Å². The van der Waals surface area contributed by atoms with Gasteiger partial charge in [0.15, 0.2) is 0 Å². The summed E-state index contributed by atoms with van der Waals surface area (Å²) < 4.78 is 7.38. The molecular weight excluding hydrogens is 304 g/mol. The molecule has 0 radical (unpaired) electrons. The number of amides is 1. The van der Waals surface area contributed by atoms with E-state index >= 15 is 0 Å². The first-order valence-corrected chi connectivity index (χ1v) is 8.00. The van der Waals surface area contributed by atoms with E-state index in [0.717, 1.165) is 34.9 Å². The van der Waals surface area contributed by atoms with Crippen LogP contribution in [0, 0.1) is 0 Å². The number of nitrogens with zero attached hydrogens (tertiary/aromatic N) is 3. The van der Waals surface area contributed by atoms with Crippen LogP contribution in [-0.2, 0) is 16.6 Å². The molecule has 122 valence electrons. The maximum absolute atomic E-state index is 12.2. The summed E-state index contributed by atoms with van der Waals surface area (Å²) in [5, 5.41) is 4.89. The summed E-state index contributed by atoms with van der Waals surface area (Å²) in [5.41, 5.74) is 2.11. The van der Waals surface area contributed by atoms with Crippen LogP contribution in [0.1, 0.15) is 12.8 Å². The molecule has 1 fully saturated rings. The van der Waals surface area contributed by atoms with Crippen molar-refractivity contribution in [1.29, 1.82) is 0 Å². The number of ether oxygens (including phenoxy) is 1. The molecule has 0 saturated carbocycles. The fourth-order valence-electron chi connectivity index (χ4n) is 3.00. The first-order valence-electron chi connectivity index (χ1n) is 8.00. The number of rotatable bonds is 3. The second-order valence-corrected chi connectivity index (χ2v) is 6.01. The van der Waals surface area contributed by atoms with Crippen LogP contribution < -0.4 is 5.32 Å². The quantitative estimate of drug-likeness (QED) is 0.805. The van der Waals surface area contributed by atoms with E-state index in [1.54, 1.807) is 12.5 Å². The van der Waals surface area contributed by atoms with Crippen LogP contribution in [0.3, 0.4) is 0 Å². The maximum Gasteiger partial charge on any atom is 0.254 e. The van der Waals surface area contributed by atoms with Crippen molar-refractivity contribution >= 4 is 22.5 Å². The molecule has 1 aliphatic rings. The van der Waals surface area contributed by atoms with Gasteiger partial charge >= 0.3 is 0 Å². The molecule has 1 aromatic carbocycles. The van der Waals surface area contributed by atoms with Gasteiger partial charge in [-0.3, -0.25) is 4.79 Å². The van der Waals surface area contributed by atoms with Gasteiger partial charge in [-0.1, -0.05) is 12.1 Å². The van der Waals surface area contributed by atoms with Gasteiger partial charge in [-0.15, -0.1) is 0 Å². The zero-order chi connectivity index (χ0) is 16.5. The Kier molecular flexibility index (Phi) is 3.74.